The maximum atomic E-state index is 12.5. The fourth-order valence-electron chi connectivity index (χ4n) is 2.76. The Labute approximate surface area is 147 Å². The number of halogens is 1. The quantitative estimate of drug-likeness (QED) is 0.561. The molecule has 3 rings (SSSR count). The fourth-order valence-corrected chi connectivity index (χ4v) is 4.63. The normalized spacial score (nSPS) is 13.8. The van der Waals surface area contributed by atoms with Crippen LogP contribution in [0.15, 0.2) is 24.3 Å². The molecule has 0 fully saturated rings. The molecule has 0 spiro atoms. The molecule has 0 unspecified atom stereocenters. The third kappa shape index (κ3) is 3.03. The molecule has 2 aromatic rings. The maximum absolute atomic E-state index is 12.5. The number of carbonyl (C=O) groups excluding carboxylic acids is 1. The third-order valence-corrected chi connectivity index (χ3v) is 6.03. The summed E-state index contributed by atoms with van der Waals surface area (Å²) in [4.78, 5) is 13.7. The summed E-state index contributed by atoms with van der Waals surface area (Å²) in [6.45, 7) is 0. The van der Waals surface area contributed by atoms with Crippen LogP contribution in [-0.2, 0) is 12.8 Å². The Balaban J connectivity index is 1.92. The predicted octanol–water partition coefficient (Wildman–Crippen LogP) is 4.75. The lowest BCUT2D eigenvalue weighted by atomic mass is 10.1. The molecule has 1 aromatic carbocycles. The minimum Gasteiger partial charge on any atom is -0.312 e. The highest BCUT2D eigenvalue weighted by molar-refractivity contribution is 14.1. The molecule has 112 valence electrons. The van der Waals surface area contributed by atoms with Crippen LogP contribution in [0.2, 0.25) is 0 Å². The molecule has 1 heterocycles. The number of nitriles is 1. The summed E-state index contributed by atoms with van der Waals surface area (Å²) < 4.78 is 0.911. The average Bonchev–Trinajstić information content (AvgIpc) is 2.68. The molecule has 0 bridgehead atoms. The Morgan fingerprint density at radius 3 is 2.77 bits per heavy atom. The Morgan fingerprint density at radius 2 is 2.00 bits per heavy atom. The Morgan fingerprint density at radius 1 is 1.23 bits per heavy atom. The average molecular weight is 422 g/mol. The van der Waals surface area contributed by atoms with Crippen molar-refractivity contribution in [3.8, 4) is 6.07 Å². The molecular formula is C17H15IN2OS. The number of rotatable bonds is 2. The van der Waals surface area contributed by atoms with Crippen LogP contribution < -0.4 is 5.32 Å². The summed E-state index contributed by atoms with van der Waals surface area (Å²) in [6, 6.07) is 9.77. The first kappa shape index (κ1) is 15.5. The van der Waals surface area contributed by atoms with E-state index in [2.05, 4.69) is 34.0 Å². The van der Waals surface area contributed by atoms with Crippen molar-refractivity contribution in [3.05, 3.63) is 49.4 Å². The molecule has 1 aliphatic carbocycles. The molecule has 0 radical (unpaired) electrons. The number of hydrogen-bond donors (Lipinski definition) is 1. The lowest BCUT2D eigenvalue weighted by Crippen LogP contribution is -2.13. The number of nitrogens with zero attached hydrogens (tertiary/aromatic N) is 1. The molecule has 0 saturated heterocycles. The van der Waals surface area contributed by atoms with Crippen LogP contribution in [-0.4, -0.2) is 5.91 Å². The number of fused-ring (bicyclic) bond motifs is 1. The second kappa shape index (κ2) is 6.80. The van der Waals surface area contributed by atoms with E-state index >= 15 is 0 Å². The van der Waals surface area contributed by atoms with Crippen molar-refractivity contribution >= 4 is 44.8 Å². The number of thiophene rings is 1. The maximum Gasteiger partial charge on any atom is 0.257 e. The van der Waals surface area contributed by atoms with Crippen LogP contribution in [0.25, 0.3) is 0 Å². The van der Waals surface area contributed by atoms with Gasteiger partial charge in [0.05, 0.1) is 11.1 Å². The molecule has 5 heteroatoms. The van der Waals surface area contributed by atoms with E-state index in [0.29, 0.717) is 16.1 Å². The molecule has 1 amide bonds. The molecule has 3 nitrogen and oxygen atoms in total. The predicted molar refractivity (Wildman–Crippen MR) is 97.4 cm³/mol. The minimum atomic E-state index is -0.141. The van der Waals surface area contributed by atoms with Gasteiger partial charge in [-0.15, -0.1) is 11.3 Å². The van der Waals surface area contributed by atoms with E-state index in [-0.39, 0.29) is 5.91 Å². The van der Waals surface area contributed by atoms with Gasteiger partial charge >= 0.3 is 0 Å². The van der Waals surface area contributed by atoms with Gasteiger partial charge in [-0.2, -0.15) is 5.26 Å². The molecule has 1 aliphatic rings. The van der Waals surface area contributed by atoms with E-state index in [1.807, 2.05) is 24.3 Å². The Bertz CT molecular complexity index is 761. The number of carbonyl (C=O) groups is 1. The molecule has 0 aliphatic heterocycles. The van der Waals surface area contributed by atoms with Gasteiger partial charge in [0.25, 0.3) is 5.91 Å². The van der Waals surface area contributed by atoms with Gasteiger partial charge in [0.15, 0.2) is 0 Å². The highest BCUT2D eigenvalue weighted by Gasteiger charge is 2.21. The topological polar surface area (TPSA) is 52.9 Å². The van der Waals surface area contributed by atoms with Gasteiger partial charge in [-0.1, -0.05) is 18.6 Å². The number of aryl methyl sites for hydroxylation is 1. The van der Waals surface area contributed by atoms with E-state index in [1.165, 1.54) is 17.7 Å². The van der Waals surface area contributed by atoms with Crippen molar-refractivity contribution in [2.45, 2.75) is 32.1 Å². The van der Waals surface area contributed by atoms with E-state index in [0.717, 1.165) is 28.4 Å². The SMILES string of the molecule is N#Cc1c(NC(=O)c2ccccc2I)sc2c1CCCCC2. The lowest BCUT2D eigenvalue weighted by Gasteiger charge is -2.05. The van der Waals surface area contributed by atoms with E-state index in [1.54, 1.807) is 11.3 Å². The second-order valence-corrected chi connectivity index (χ2v) is 7.58. The molecular weight excluding hydrogens is 407 g/mol. The summed E-state index contributed by atoms with van der Waals surface area (Å²) >= 11 is 3.73. The fraction of sp³-hybridized carbons (Fsp3) is 0.294. The first-order chi connectivity index (χ1) is 10.7. The number of nitrogens with one attached hydrogen (secondary N) is 1. The number of anilines is 1. The van der Waals surface area contributed by atoms with Crippen LogP contribution in [0.1, 0.15) is 45.6 Å². The van der Waals surface area contributed by atoms with Gasteiger partial charge in [0, 0.05) is 8.45 Å². The van der Waals surface area contributed by atoms with E-state index < -0.39 is 0 Å². The smallest absolute Gasteiger partial charge is 0.257 e. The summed E-state index contributed by atoms with van der Waals surface area (Å²) in [6.07, 6.45) is 5.49. The molecule has 22 heavy (non-hydrogen) atoms. The zero-order valence-corrected chi connectivity index (χ0v) is 15.0. The summed E-state index contributed by atoms with van der Waals surface area (Å²) in [5.41, 5.74) is 2.47. The van der Waals surface area contributed by atoms with Gasteiger partial charge in [-0.05, 0) is 66.0 Å². The second-order valence-electron chi connectivity index (χ2n) is 5.31. The monoisotopic (exact) mass is 422 g/mol. The van der Waals surface area contributed by atoms with E-state index in [9.17, 15) is 10.1 Å². The molecule has 0 atom stereocenters. The minimum absolute atomic E-state index is 0.141. The number of hydrogen-bond acceptors (Lipinski definition) is 3. The zero-order chi connectivity index (χ0) is 15.5. The summed E-state index contributed by atoms with van der Waals surface area (Å²) in [5.74, 6) is -0.141. The highest BCUT2D eigenvalue weighted by Crippen LogP contribution is 2.37. The number of amides is 1. The van der Waals surface area contributed by atoms with Gasteiger partial charge in [-0.3, -0.25) is 4.79 Å². The van der Waals surface area contributed by atoms with E-state index in [4.69, 9.17) is 0 Å². The highest BCUT2D eigenvalue weighted by atomic mass is 127. The molecule has 0 saturated carbocycles. The standard InChI is InChI=1S/C17H15IN2OS/c18-14-8-5-4-7-12(14)16(21)20-17-13(10-19)11-6-2-1-3-9-15(11)22-17/h4-5,7-8H,1-3,6,9H2,(H,20,21). The first-order valence-corrected chi connectivity index (χ1v) is 9.20. The number of benzene rings is 1. The Hall–Kier alpha value is -1.39. The van der Waals surface area contributed by atoms with Crippen molar-refractivity contribution in [2.75, 3.05) is 5.32 Å². The molecule has 1 aromatic heterocycles. The van der Waals surface area contributed by atoms with Crippen molar-refractivity contribution < 1.29 is 4.79 Å². The van der Waals surface area contributed by atoms with Crippen LogP contribution in [0.4, 0.5) is 5.00 Å². The van der Waals surface area contributed by atoms with Gasteiger partial charge < -0.3 is 5.32 Å². The first-order valence-electron chi connectivity index (χ1n) is 7.31. The van der Waals surface area contributed by atoms with Gasteiger partial charge in [-0.25, -0.2) is 0 Å². The van der Waals surface area contributed by atoms with Crippen molar-refractivity contribution in [1.29, 1.82) is 5.26 Å². The van der Waals surface area contributed by atoms with Crippen molar-refractivity contribution in [2.24, 2.45) is 0 Å². The third-order valence-electron chi connectivity index (χ3n) is 3.88. The van der Waals surface area contributed by atoms with Crippen LogP contribution >= 0.6 is 33.9 Å². The van der Waals surface area contributed by atoms with Crippen LogP contribution in [0.3, 0.4) is 0 Å². The summed E-state index contributed by atoms with van der Waals surface area (Å²) in [5, 5.41) is 13.2. The van der Waals surface area contributed by atoms with Gasteiger partial charge in [0.2, 0.25) is 0 Å². The lowest BCUT2D eigenvalue weighted by molar-refractivity contribution is 0.102. The van der Waals surface area contributed by atoms with Crippen LogP contribution in [0.5, 0.6) is 0 Å². The van der Waals surface area contributed by atoms with Crippen molar-refractivity contribution in [3.63, 3.8) is 0 Å². The van der Waals surface area contributed by atoms with Crippen LogP contribution in [0, 0.1) is 14.9 Å². The van der Waals surface area contributed by atoms with Gasteiger partial charge in [0.1, 0.15) is 11.1 Å². The van der Waals surface area contributed by atoms with Crippen molar-refractivity contribution in [1.82, 2.24) is 0 Å². The zero-order valence-electron chi connectivity index (χ0n) is 12.0. The molecule has 1 N–H and O–H groups in total. The summed E-state index contributed by atoms with van der Waals surface area (Å²) in [7, 11) is 0. The Kier molecular flexibility index (Phi) is 4.79. The largest absolute Gasteiger partial charge is 0.312 e.